The number of H-pyrrole nitrogens is 1. The lowest BCUT2D eigenvalue weighted by atomic mass is 10.4. The van der Waals surface area contributed by atoms with Gasteiger partial charge in [0.05, 0.1) is 0 Å². The lowest BCUT2D eigenvalue weighted by Crippen LogP contribution is -2.03. The van der Waals surface area contributed by atoms with E-state index in [1.165, 1.54) is 10.6 Å². The van der Waals surface area contributed by atoms with Crippen molar-refractivity contribution in [3.05, 3.63) is 22.2 Å². The van der Waals surface area contributed by atoms with Crippen molar-refractivity contribution in [2.24, 2.45) is 0 Å². The highest BCUT2D eigenvalue weighted by Crippen LogP contribution is 2.02. The molecule has 2 aromatic heterocycles. The molecule has 0 saturated heterocycles. The molecule has 0 saturated carbocycles. The number of carbonyl (C=O) groups is 1. The molecule has 0 aliphatic carbocycles. The topological polar surface area (TPSA) is 83.3 Å². The summed E-state index contributed by atoms with van der Waals surface area (Å²) in [6.45, 7) is 1.74. The Morgan fingerprint density at radius 2 is 2.36 bits per heavy atom. The summed E-state index contributed by atoms with van der Waals surface area (Å²) in [5, 5.41) is 11.6. The van der Waals surface area contributed by atoms with Crippen molar-refractivity contribution >= 4 is 24.0 Å². The van der Waals surface area contributed by atoms with Gasteiger partial charge in [0.25, 0.3) is 5.78 Å². The molecule has 0 amide bonds. The highest BCUT2D eigenvalue weighted by Gasteiger charge is 2.08. The summed E-state index contributed by atoms with van der Waals surface area (Å²) in [4.78, 5) is 18.4. The van der Waals surface area contributed by atoms with E-state index >= 15 is 0 Å². The predicted octanol–water partition coefficient (Wildman–Crippen LogP) is 0.794. The molecule has 2 rings (SSSR count). The number of aryl methyl sites for hydroxylation is 1. The summed E-state index contributed by atoms with van der Waals surface area (Å²) in [5.41, 5.74) is -0.0958. The number of hydrogen-bond donors (Lipinski definition) is 2. The second kappa shape index (κ2) is 2.88. The summed E-state index contributed by atoms with van der Waals surface area (Å²) < 4.78 is 1.80. The Balaban J connectivity index is 2.84. The van der Waals surface area contributed by atoms with Crippen molar-refractivity contribution in [2.45, 2.75) is 6.92 Å². The minimum atomic E-state index is -1.11. The van der Waals surface area contributed by atoms with Crippen LogP contribution in [0.15, 0.2) is 6.07 Å². The Labute approximate surface area is 83.2 Å². The van der Waals surface area contributed by atoms with E-state index in [0.717, 1.165) is 0 Å². The van der Waals surface area contributed by atoms with E-state index in [4.69, 9.17) is 17.3 Å². The Hall–Kier alpha value is -1.76. The minimum Gasteiger partial charge on any atom is -0.477 e. The zero-order chi connectivity index (χ0) is 10.3. The molecule has 0 fully saturated rings. The molecule has 14 heavy (non-hydrogen) atoms. The van der Waals surface area contributed by atoms with Gasteiger partial charge in [0.2, 0.25) is 0 Å². The van der Waals surface area contributed by atoms with Gasteiger partial charge in [-0.15, -0.1) is 0 Å². The van der Waals surface area contributed by atoms with E-state index in [-0.39, 0.29) is 11.5 Å². The number of aromatic amines is 1. The minimum absolute atomic E-state index is 0.0958. The van der Waals surface area contributed by atoms with Gasteiger partial charge < -0.3 is 5.11 Å². The van der Waals surface area contributed by atoms with Crippen molar-refractivity contribution < 1.29 is 9.90 Å². The van der Waals surface area contributed by atoms with Gasteiger partial charge in [-0.25, -0.2) is 14.3 Å². The molecule has 0 aromatic carbocycles. The summed E-state index contributed by atoms with van der Waals surface area (Å²) in [6, 6.07) is 1.31. The molecule has 2 aromatic rings. The first-order chi connectivity index (χ1) is 6.58. The van der Waals surface area contributed by atoms with Gasteiger partial charge in [-0.3, -0.25) is 5.10 Å². The van der Waals surface area contributed by atoms with Gasteiger partial charge in [0, 0.05) is 6.07 Å². The number of aromatic nitrogens is 4. The van der Waals surface area contributed by atoms with Gasteiger partial charge in [0.1, 0.15) is 10.5 Å². The number of carboxylic acids is 1. The number of nitrogens with one attached hydrogen (secondary N) is 1. The average molecular weight is 210 g/mol. The quantitative estimate of drug-likeness (QED) is 0.680. The Bertz CT molecular complexity index is 571. The average Bonchev–Trinajstić information content (AvgIpc) is 2.45. The van der Waals surface area contributed by atoms with Gasteiger partial charge >= 0.3 is 5.97 Å². The molecule has 2 heterocycles. The van der Waals surface area contributed by atoms with Crippen LogP contribution in [-0.2, 0) is 0 Å². The maximum Gasteiger partial charge on any atom is 0.354 e. The van der Waals surface area contributed by atoms with Crippen LogP contribution in [0.2, 0.25) is 0 Å². The molecule has 0 unspecified atom stereocenters. The predicted molar refractivity (Wildman–Crippen MR) is 49.9 cm³/mol. The van der Waals surface area contributed by atoms with Crippen LogP contribution in [0.25, 0.3) is 5.78 Å². The molecule has 0 aliphatic heterocycles. The van der Waals surface area contributed by atoms with Crippen LogP contribution < -0.4 is 0 Å². The second-order valence-electron chi connectivity index (χ2n) is 2.73. The Morgan fingerprint density at radius 1 is 1.64 bits per heavy atom. The van der Waals surface area contributed by atoms with Crippen LogP contribution in [0.1, 0.15) is 16.3 Å². The second-order valence-corrected chi connectivity index (χ2v) is 3.15. The first-order valence-corrected chi connectivity index (χ1v) is 4.18. The molecule has 2 N–H and O–H groups in total. The first kappa shape index (κ1) is 8.82. The van der Waals surface area contributed by atoms with E-state index in [9.17, 15) is 4.79 Å². The molecular formula is C7H6N4O2S. The highest BCUT2D eigenvalue weighted by molar-refractivity contribution is 7.71. The van der Waals surface area contributed by atoms with Crippen LogP contribution in [-0.4, -0.2) is 30.7 Å². The first-order valence-electron chi connectivity index (χ1n) is 3.77. The van der Waals surface area contributed by atoms with Crippen molar-refractivity contribution in [1.29, 1.82) is 0 Å². The molecule has 0 aliphatic rings. The summed E-state index contributed by atoms with van der Waals surface area (Å²) in [6.07, 6.45) is 0. The van der Waals surface area contributed by atoms with Crippen LogP contribution in [0, 0.1) is 11.6 Å². The molecule has 7 heteroatoms. The number of aromatic carboxylic acids is 1. The highest BCUT2D eigenvalue weighted by atomic mass is 32.1. The maximum absolute atomic E-state index is 10.6. The van der Waals surface area contributed by atoms with Crippen LogP contribution in [0.4, 0.5) is 0 Å². The lowest BCUT2D eigenvalue weighted by Gasteiger charge is -1.94. The van der Waals surface area contributed by atoms with Gasteiger partial charge in [-0.2, -0.15) is 4.98 Å². The third kappa shape index (κ3) is 1.27. The monoisotopic (exact) mass is 210 g/mol. The summed E-state index contributed by atoms with van der Waals surface area (Å²) in [5.74, 6) is -0.210. The smallest absolute Gasteiger partial charge is 0.354 e. The van der Waals surface area contributed by atoms with Crippen molar-refractivity contribution in [1.82, 2.24) is 19.6 Å². The van der Waals surface area contributed by atoms with E-state index in [0.29, 0.717) is 10.5 Å². The molecular weight excluding hydrogens is 204 g/mol. The van der Waals surface area contributed by atoms with Gasteiger partial charge in [-0.05, 0) is 6.92 Å². The molecule has 0 atom stereocenters. The van der Waals surface area contributed by atoms with Gasteiger partial charge in [0.15, 0.2) is 5.69 Å². The van der Waals surface area contributed by atoms with Gasteiger partial charge in [-0.1, -0.05) is 12.2 Å². The van der Waals surface area contributed by atoms with E-state index in [1.807, 2.05) is 0 Å². The van der Waals surface area contributed by atoms with E-state index in [2.05, 4.69) is 15.1 Å². The fourth-order valence-corrected chi connectivity index (χ4v) is 1.34. The van der Waals surface area contributed by atoms with Crippen LogP contribution >= 0.6 is 12.2 Å². The lowest BCUT2D eigenvalue weighted by molar-refractivity contribution is 0.0690. The molecule has 72 valence electrons. The van der Waals surface area contributed by atoms with Crippen LogP contribution in [0.3, 0.4) is 0 Å². The fourth-order valence-electron chi connectivity index (χ4n) is 1.10. The molecule has 0 bridgehead atoms. The number of rotatable bonds is 1. The Kier molecular flexibility index (Phi) is 1.81. The molecule has 0 spiro atoms. The fraction of sp³-hybridized carbons (Fsp3) is 0.143. The number of hydrogen-bond acceptors (Lipinski definition) is 4. The standard InChI is InChI=1S/C7H6N4O2S/c1-3-8-7-9-4(6(12)13)2-5(14)11(7)10-3/h2H,1H3,(H,12,13)(H,8,9,10). The maximum atomic E-state index is 10.6. The van der Waals surface area contributed by atoms with Crippen LogP contribution in [0.5, 0.6) is 0 Å². The molecule has 0 radical (unpaired) electrons. The third-order valence-corrected chi connectivity index (χ3v) is 1.96. The normalized spacial score (nSPS) is 10.6. The number of fused-ring (bicyclic) bond motifs is 1. The van der Waals surface area contributed by atoms with Crippen molar-refractivity contribution in [3.63, 3.8) is 0 Å². The number of nitrogens with zero attached hydrogens (tertiary/aromatic N) is 3. The van der Waals surface area contributed by atoms with Crippen molar-refractivity contribution in [2.75, 3.05) is 0 Å². The zero-order valence-electron chi connectivity index (χ0n) is 7.18. The van der Waals surface area contributed by atoms with E-state index < -0.39 is 5.97 Å². The zero-order valence-corrected chi connectivity index (χ0v) is 8.00. The SMILES string of the molecule is Cc1nc2nc(C(=O)O)cc(=S)n2[nH]1. The molecule has 6 nitrogen and oxygen atoms in total. The summed E-state index contributed by atoms with van der Waals surface area (Å²) in [7, 11) is 0. The number of carboxylic acid groups (broad SMARTS) is 1. The summed E-state index contributed by atoms with van der Waals surface area (Å²) >= 11 is 4.96. The van der Waals surface area contributed by atoms with Crippen molar-refractivity contribution in [3.8, 4) is 0 Å². The third-order valence-electron chi connectivity index (χ3n) is 1.66. The van der Waals surface area contributed by atoms with E-state index in [1.54, 1.807) is 6.92 Å². The largest absolute Gasteiger partial charge is 0.477 e. The Morgan fingerprint density at radius 3 is 3.00 bits per heavy atom.